The number of ketones is 1. The maximum absolute atomic E-state index is 13.4. The van der Waals surface area contributed by atoms with Crippen molar-refractivity contribution in [1.29, 1.82) is 0 Å². The second-order valence-electron chi connectivity index (χ2n) is 8.08. The van der Waals surface area contributed by atoms with Crippen LogP contribution < -0.4 is 10.5 Å². The molecule has 2 aromatic carbocycles. The van der Waals surface area contributed by atoms with Gasteiger partial charge in [-0.3, -0.25) is 9.59 Å². The number of fused-ring (bicyclic) bond motifs is 5. The SMILES string of the molecule is CCCC(C(N)=O)C12Oc3cc(C(C)C)ccc3C1(O)C(=O)c1ccccc12. The predicted octanol–water partition coefficient (Wildman–Crippen LogP) is 3.38. The van der Waals surface area contributed by atoms with Gasteiger partial charge in [-0.05, 0) is 24.0 Å². The van der Waals surface area contributed by atoms with Crippen LogP contribution in [0.2, 0.25) is 0 Å². The van der Waals surface area contributed by atoms with Crippen LogP contribution in [0, 0.1) is 5.92 Å². The Labute approximate surface area is 164 Å². The lowest BCUT2D eigenvalue weighted by molar-refractivity contribution is -0.149. The molecule has 28 heavy (non-hydrogen) atoms. The highest BCUT2D eigenvalue weighted by Gasteiger charge is 2.73. The van der Waals surface area contributed by atoms with Crippen molar-refractivity contribution in [3.05, 3.63) is 64.7 Å². The summed E-state index contributed by atoms with van der Waals surface area (Å²) in [5.41, 5.74) is 4.61. The van der Waals surface area contributed by atoms with Crippen molar-refractivity contribution in [2.45, 2.75) is 50.7 Å². The summed E-state index contributed by atoms with van der Waals surface area (Å²) >= 11 is 0. The molecule has 1 aliphatic carbocycles. The molecule has 2 aromatic rings. The Morgan fingerprint density at radius 1 is 1.18 bits per heavy atom. The molecule has 1 heterocycles. The van der Waals surface area contributed by atoms with E-state index < -0.39 is 28.8 Å². The third-order valence-electron chi connectivity index (χ3n) is 6.18. The molecule has 5 nitrogen and oxygen atoms in total. The zero-order valence-corrected chi connectivity index (χ0v) is 16.4. The number of amides is 1. The van der Waals surface area contributed by atoms with Gasteiger partial charge in [0.2, 0.25) is 17.3 Å². The first-order chi connectivity index (χ1) is 13.3. The summed E-state index contributed by atoms with van der Waals surface area (Å²) in [7, 11) is 0. The van der Waals surface area contributed by atoms with Crippen LogP contribution in [-0.4, -0.2) is 16.8 Å². The second kappa shape index (κ2) is 6.17. The molecule has 0 aromatic heterocycles. The maximum atomic E-state index is 13.4. The monoisotopic (exact) mass is 379 g/mol. The molecule has 0 radical (unpaired) electrons. The van der Waals surface area contributed by atoms with E-state index in [1.165, 1.54) is 0 Å². The lowest BCUT2D eigenvalue weighted by Gasteiger charge is -2.39. The topological polar surface area (TPSA) is 89.6 Å². The summed E-state index contributed by atoms with van der Waals surface area (Å²) in [6.45, 7) is 6.06. The van der Waals surface area contributed by atoms with Crippen LogP contribution in [-0.2, 0) is 16.0 Å². The average molecular weight is 379 g/mol. The standard InChI is InChI=1S/C23H25NO4/c1-4-7-18(21(24)26)23-16-9-6-5-8-15(16)20(25)22(23,27)17-11-10-14(13(2)3)12-19(17)28-23/h5-6,8-13,18,27H,4,7H2,1-3H3,(H2,24,26). The van der Waals surface area contributed by atoms with E-state index in [-0.39, 0.29) is 5.92 Å². The van der Waals surface area contributed by atoms with E-state index in [9.17, 15) is 14.7 Å². The van der Waals surface area contributed by atoms with Gasteiger partial charge in [0.1, 0.15) is 5.75 Å². The molecule has 0 bridgehead atoms. The van der Waals surface area contributed by atoms with Crippen molar-refractivity contribution in [2.24, 2.45) is 11.7 Å². The van der Waals surface area contributed by atoms with Gasteiger partial charge in [0.25, 0.3) is 0 Å². The van der Waals surface area contributed by atoms with E-state index >= 15 is 0 Å². The molecule has 0 spiro atoms. The molecule has 3 N–H and O–H groups in total. The second-order valence-corrected chi connectivity index (χ2v) is 8.08. The van der Waals surface area contributed by atoms with Gasteiger partial charge in [-0.2, -0.15) is 0 Å². The van der Waals surface area contributed by atoms with Crippen LogP contribution in [0.15, 0.2) is 42.5 Å². The number of hydrogen-bond donors (Lipinski definition) is 2. The highest BCUT2D eigenvalue weighted by atomic mass is 16.5. The first kappa shape index (κ1) is 18.7. The number of nitrogens with two attached hydrogens (primary N) is 1. The van der Waals surface area contributed by atoms with E-state index in [0.717, 1.165) is 5.56 Å². The summed E-state index contributed by atoms with van der Waals surface area (Å²) in [6, 6.07) is 12.5. The molecule has 1 aliphatic heterocycles. The van der Waals surface area contributed by atoms with Crippen molar-refractivity contribution < 1.29 is 19.4 Å². The minimum atomic E-state index is -1.98. The number of ether oxygens (including phenoxy) is 1. The molecule has 146 valence electrons. The summed E-state index contributed by atoms with van der Waals surface area (Å²) in [4.78, 5) is 26.0. The van der Waals surface area contributed by atoms with Gasteiger partial charge in [0.15, 0.2) is 5.60 Å². The van der Waals surface area contributed by atoms with Gasteiger partial charge in [0.05, 0.1) is 5.92 Å². The Kier molecular flexibility index (Phi) is 4.12. The first-order valence-electron chi connectivity index (χ1n) is 9.78. The molecule has 1 amide bonds. The van der Waals surface area contributed by atoms with Crippen molar-refractivity contribution in [2.75, 3.05) is 0 Å². The zero-order valence-electron chi connectivity index (χ0n) is 16.4. The summed E-state index contributed by atoms with van der Waals surface area (Å²) < 4.78 is 6.41. The molecular weight excluding hydrogens is 354 g/mol. The summed E-state index contributed by atoms with van der Waals surface area (Å²) in [6.07, 6.45) is 1.07. The van der Waals surface area contributed by atoms with Gasteiger partial charge in [-0.15, -0.1) is 0 Å². The number of primary amides is 1. The highest BCUT2D eigenvalue weighted by Crippen LogP contribution is 2.63. The highest BCUT2D eigenvalue weighted by molar-refractivity contribution is 6.11. The number of hydrogen-bond acceptors (Lipinski definition) is 4. The normalized spacial score (nSPS) is 25.8. The molecule has 3 atom stereocenters. The predicted molar refractivity (Wildman–Crippen MR) is 105 cm³/mol. The van der Waals surface area contributed by atoms with Crippen molar-refractivity contribution in [1.82, 2.24) is 0 Å². The summed E-state index contributed by atoms with van der Waals surface area (Å²) in [5.74, 6) is -1.17. The Balaban J connectivity index is 2.03. The third kappa shape index (κ3) is 2.11. The van der Waals surface area contributed by atoms with Crippen molar-refractivity contribution in [3.63, 3.8) is 0 Å². The zero-order chi connectivity index (χ0) is 20.3. The van der Waals surface area contributed by atoms with E-state index in [4.69, 9.17) is 10.5 Å². The van der Waals surface area contributed by atoms with Gasteiger partial charge in [-0.25, -0.2) is 0 Å². The Morgan fingerprint density at radius 3 is 2.54 bits per heavy atom. The Morgan fingerprint density at radius 2 is 1.89 bits per heavy atom. The van der Waals surface area contributed by atoms with Gasteiger partial charge < -0.3 is 15.6 Å². The number of carbonyl (C=O) groups excluding carboxylic acids is 2. The fourth-order valence-corrected chi connectivity index (χ4v) is 4.81. The van der Waals surface area contributed by atoms with Crippen LogP contribution in [0.3, 0.4) is 0 Å². The van der Waals surface area contributed by atoms with Crippen molar-refractivity contribution >= 4 is 11.7 Å². The number of benzene rings is 2. The smallest absolute Gasteiger partial charge is 0.225 e. The van der Waals surface area contributed by atoms with E-state index in [1.54, 1.807) is 30.3 Å². The maximum Gasteiger partial charge on any atom is 0.225 e. The van der Waals surface area contributed by atoms with Gasteiger partial charge in [-0.1, -0.05) is 63.6 Å². The molecule has 2 aliphatic rings. The number of aliphatic hydroxyl groups is 1. The number of carbonyl (C=O) groups is 2. The molecule has 4 rings (SSSR count). The number of rotatable bonds is 5. The molecule has 0 saturated heterocycles. The van der Waals surface area contributed by atoms with Crippen LogP contribution >= 0.6 is 0 Å². The quantitative estimate of drug-likeness (QED) is 0.833. The summed E-state index contributed by atoms with van der Waals surface area (Å²) in [5, 5.41) is 11.9. The molecule has 0 saturated carbocycles. The third-order valence-corrected chi connectivity index (χ3v) is 6.18. The minimum Gasteiger partial charge on any atom is -0.477 e. The molecule has 3 unspecified atom stereocenters. The Bertz CT molecular complexity index is 982. The minimum absolute atomic E-state index is 0.255. The Hall–Kier alpha value is -2.66. The number of Topliss-reactive ketones (excluding diaryl/α,β-unsaturated/α-hetero) is 1. The van der Waals surface area contributed by atoms with Crippen LogP contribution in [0.25, 0.3) is 0 Å². The molecule has 5 heteroatoms. The van der Waals surface area contributed by atoms with Crippen LogP contribution in [0.5, 0.6) is 5.75 Å². The van der Waals surface area contributed by atoms with Crippen LogP contribution in [0.1, 0.15) is 66.6 Å². The van der Waals surface area contributed by atoms with Gasteiger partial charge in [0, 0.05) is 16.7 Å². The van der Waals surface area contributed by atoms with Crippen LogP contribution in [0.4, 0.5) is 0 Å². The lowest BCUT2D eigenvalue weighted by atomic mass is 9.69. The fraction of sp³-hybridized carbons (Fsp3) is 0.391. The van der Waals surface area contributed by atoms with Crippen molar-refractivity contribution in [3.8, 4) is 5.75 Å². The lowest BCUT2D eigenvalue weighted by Crippen LogP contribution is -2.56. The van der Waals surface area contributed by atoms with E-state index in [1.807, 2.05) is 19.1 Å². The fourth-order valence-electron chi connectivity index (χ4n) is 4.81. The molecular formula is C23H25NO4. The van der Waals surface area contributed by atoms with E-state index in [0.29, 0.717) is 35.3 Å². The van der Waals surface area contributed by atoms with E-state index in [2.05, 4.69) is 13.8 Å². The average Bonchev–Trinajstić information content (AvgIpc) is 3.04. The molecule has 0 fully saturated rings. The van der Waals surface area contributed by atoms with Gasteiger partial charge >= 0.3 is 0 Å². The first-order valence-corrected chi connectivity index (χ1v) is 9.78. The largest absolute Gasteiger partial charge is 0.477 e.